The molecule has 0 aromatic heterocycles. The molecular formula is C9H18ClZr. The van der Waals surface area contributed by atoms with Crippen LogP contribution in [0.4, 0.5) is 0 Å². The number of hydrogen-bond acceptors (Lipinski definition) is 0. The van der Waals surface area contributed by atoms with E-state index in [1.165, 1.54) is 0 Å². The summed E-state index contributed by atoms with van der Waals surface area (Å²) in [6, 6.07) is 0. The topological polar surface area (TPSA) is 0 Å². The Morgan fingerprint density at radius 3 is 1.45 bits per heavy atom. The maximum absolute atomic E-state index is 2.49. The molecule has 11 heavy (non-hydrogen) atoms. The normalized spacial score (nSPS) is 20.9. The third-order valence-corrected chi connectivity index (χ3v) is 9.58. The van der Waals surface area contributed by atoms with Crippen LogP contribution in [0.1, 0.15) is 0 Å². The first-order valence-corrected chi connectivity index (χ1v) is 15.2. The molecule has 0 aromatic carbocycles. The zero-order valence-corrected chi connectivity index (χ0v) is 11.1. The first-order chi connectivity index (χ1) is 4.36. The van der Waals surface area contributed by atoms with E-state index >= 15 is 0 Å². The average molecular weight is 253 g/mol. The summed E-state index contributed by atoms with van der Waals surface area (Å²) in [5.41, 5.74) is 0. The number of hydrogen-bond donors (Lipinski definition) is 0. The minimum absolute atomic E-state index is 0. The van der Waals surface area contributed by atoms with Gasteiger partial charge in [0.05, 0.1) is 0 Å². The van der Waals surface area contributed by atoms with Gasteiger partial charge in [0.2, 0.25) is 0 Å². The Bertz CT molecular complexity index is 174. The van der Waals surface area contributed by atoms with Crippen LogP contribution in [-0.2, 0) is 18.8 Å². The van der Waals surface area contributed by atoms with Gasteiger partial charge in [0.25, 0.3) is 0 Å². The van der Waals surface area contributed by atoms with E-state index in [1.54, 1.807) is 0 Å². The Labute approximate surface area is 77.3 Å². The van der Waals surface area contributed by atoms with E-state index in [2.05, 4.69) is 42.8 Å². The van der Waals surface area contributed by atoms with E-state index in [0.717, 1.165) is 3.63 Å². The Hall–Kier alpha value is 0.653. The Morgan fingerprint density at radius 2 is 1.27 bits per heavy atom. The molecule has 65 valence electrons. The van der Waals surface area contributed by atoms with E-state index in [0.29, 0.717) is 0 Å². The molecule has 0 radical (unpaired) electrons. The summed E-state index contributed by atoms with van der Waals surface area (Å²) < 4.78 is 10.8. The van der Waals surface area contributed by atoms with Gasteiger partial charge in [-0.05, 0) is 0 Å². The Balaban J connectivity index is 0.000001000. The second kappa shape index (κ2) is 3.19. The molecule has 0 spiro atoms. The van der Waals surface area contributed by atoms with Gasteiger partial charge in [-0.2, -0.15) is 0 Å². The molecule has 0 heterocycles. The van der Waals surface area contributed by atoms with E-state index in [4.69, 9.17) is 0 Å². The molecule has 0 fully saturated rings. The van der Waals surface area contributed by atoms with Crippen molar-refractivity contribution in [2.75, 3.05) is 0 Å². The van der Waals surface area contributed by atoms with Gasteiger partial charge in [-0.25, -0.2) is 0 Å². The molecular weight excluding hydrogens is 235 g/mol. The minimum atomic E-state index is -2.18. The van der Waals surface area contributed by atoms with Crippen molar-refractivity contribution in [3.63, 3.8) is 0 Å². The van der Waals surface area contributed by atoms with Gasteiger partial charge < -0.3 is 0 Å². The first-order valence-electron chi connectivity index (χ1n) is 3.96. The molecule has 0 amide bonds. The van der Waals surface area contributed by atoms with Crippen LogP contribution in [0.25, 0.3) is 0 Å². The van der Waals surface area contributed by atoms with Crippen molar-refractivity contribution in [3.8, 4) is 0 Å². The van der Waals surface area contributed by atoms with Crippen LogP contribution in [0.2, 0.25) is 22.2 Å². The number of allylic oxidation sites excluding steroid dienone is 4. The fraction of sp³-hybridized carbons (Fsp3) is 0.556. The predicted molar refractivity (Wildman–Crippen MR) is 52.7 cm³/mol. The van der Waals surface area contributed by atoms with Crippen LogP contribution in [-0.4, -0.2) is 0 Å². The van der Waals surface area contributed by atoms with Crippen LogP contribution < -0.4 is 0 Å². The summed E-state index contributed by atoms with van der Waals surface area (Å²) in [5, 5.41) is 0. The molecule has 1 aliphatic carbocycles. The second-order valence-electron chi connectivity index (χ2n) is 5.45. The van der Waals surface area contributed by atoms with Crippen LogP contribution in [0.15, 0.2) is 24.3 Å². The van der Waals surface area contributed by atoms with Crippen LogP contribution in [0, 0.1) is 0 Å². The van der Waals surface area contributed by atoms with Gasteiger partial charge in [0.1, 0.15) is 0 Å². The standard InChI is InChI=1S/C5H5.4CH3.ClH.Zr/c1-2-4-5-3-1;;;;;;/h1-5H;4*1H3;1H;. The molecule has 0 saturated carbocycles. The molecule has 0 aromatic rings. The zero-order valence-electron chi connectivity index (χ0n) is 7.79. The van der Waals surface area contributed by atoms with Crippen molar-refractivity contribution in [1.82, 2.24) is 0 Å². The molecule has 0 bridgehead atoms. The number of halogens is 1. The monoisotopic (exact) mass is 251 g/mol. The van der Waals surface area contributed by atoms with Crippen LogP contribution >= 0.6 is 12.4 Å². The Morgan fingerprint density at radius 1 is 0.909 bits per heavy atom. The summed E-state index contributed by atoms with van der Waals surface area (Å²) in [4.78, 5) is 0. The van der Waals surface area contributed by atoms with Crippen molar-refractivity contribution in [3.05, 3.63) is 24.3 Å². The molecule has 0 saturated heterocycles. The van der Waals surface area contributed by atoms with Crippen molar-refractivity contribution >= 4 is 12.4 Å². The first kappa shape index (κ1) is 11.7. The van der Waals surface area contributed by atoms with E-state index in [1.807, 2.05) is 0 Å². The molecule has 1 aliphatic rings. The summed E-state index contributed by atoms with van der Waals surface area (Å²) in [5.74, 6) is 0. The number of rotatable bonds is 1. The van der Waals surface area contributed by atoms with Crippen LogP contribution in [0.3, 0.4) is 0 Å². The quantitative estimate of drug-likeness (QED) is 0.656. The average Bonchev–Trinajstić information content (AvgIpc) is 2.04. The molecule has 0 unspecified atom stereocenters. The molecule has 2 heteroatoms. The molecule has 1 rings (SSSR count). The SMILES string of the molecule is Cl.[CH3][Zr]([CH3])([CH3])([CH3])[CH]1C=CC=C1. The molecule has 0 nitrogen and oxygen atoms in total. The summed E-state index contributed by atoms with van der Waals surface area (Å²) in [7, 11) is 0. The summed E-state index contributed by atoms with van der Waals surface area (Å²) in [6.07, 6.45) is 9.06. The van der Waals surface area contributed by atoms with E-state index < -0.39 is 18.8 Å². The van der Waals surface area contributed by atoms with Crippen molar-refractivity contribution in [2.45, 2.75) is 22.2 Å². The molecule has 0 N–H and O–H groups in total. The predicted octanol–water partition coefficient (Wildman–Crippen LogP) is 4.20. The second-order valence-corrected chi connectivity index (χ2v) is 27.5. The van der Waals surface area contributed by atoms with Gasteiger partial charge in [-0.1, -0.05) is 0 Å². The summed E-state index contributed by atoms with van der Waals surface area (Å²) >= 11 is -2.18. The van der Waals surface area contributed by atoms with Crippen molar-refractivity contribution in [1.29, 1.82) is 0 Å². The maximum atomic E-state index is 2.49. The molecule has 0 aliphatic heterocycles. The summed E-state index contributed by atoms with van der Waals surface area (Å²) in [6.45, 7) is 0. The zero-order chi connectivity index (χ0) is 7.85. The van der Waals surface area contributed by atoms with Crippen molar-refractivity contribution < 1.29 is 18.8 Å². The van der Waals surface area contributed by atoms with Gasteiger partial charge in [-0.15, -0.1) is 12.4 Å². The van der Waals surface area contributed by atoms with Gasteiger partial charge in [0, 0.05) is 0 Å². The molecule has 0 atom stereocenters. The van der Waals surface area contributed by atoms with Crippen molar-refractivity contribution in [2.24, 2.45) is 0 Å². The van der Waals surface area contributed by atoms with Gasteiger partial charge in [-0.3, -0.25) is 0 Å². The van der Waals surface area contributed by atoms with Gasteiger partial charge >= 0.3 is 65.2 Å². The Kier molecular flexibility index (Phi) is 3.37. The van der Waals surface area contributed by atoms with Gasteiger partial charge in [0.15, 0.2) is 0 Å². The van der Waals surface area contributed by atoms with E-state index in [9.17, 15) is 0 Å². The fourth-order valence-electron chi connectivity index (χ4n) is 1.20. The van der Waals surface area contributed by atoms with E-state index in [-0.39, 0.29) is 12.4 Å². The fourth-order valence-corrected chi connectivity index (χ4v) is 5.53. The third kappa shape index (κ3) is 3.26. The van der Waals surface area contributed by atoms with Crippen LogP contribution in [0.5, 0.6) is 0 Å². The third-order valence-electron chi connectivity index (χ3n) is 2.08.